The zero-order valence-electron chi connectivity index (χ0n) is 11.5. The van der Waals surface area contributed by atoms with Crippen molar-refractivity contribution in [3.63, 3.8) is 0 Å². The van der Waals surface area contributed by atoms with Gasteiger partial charge < -0.3 is 10.0 Å². The Morgan fingerprint density at radius 1 is 1.30 bits per heavy atom. The Morgan fingerprint density at radius 3 is 2.60 bits per heavy atom. The number of carboxylic acids is 1. The van der Waals surface area contributed by atoms with E-state index in [4.69, 9.17) is 5.11 Å². The highest BCUT2D eigenvalue weighted by molar-refractivity contribution is 7.15. The van der Waals surface area contributed by atoms with Crippen LogP contribution in [0.5, 0.6) is 0 Å². The van der Waals surface area contributed by atoms with Crippen LogP contribution in [0, 0.1) is 17.8 Å². The molecule has 1 heterocycles. The van der Waals surface area contributed by atoms with Crippen molar-refractivity contribution in [1.82, 2.24) is 4.90 Å². The van der Waals surface area contributed by atoms with Crippen LogP contribution < -0.4 is 0 Å². The first-order valence-corrected chi connectivity index (χ1v) is 7.95. The van der Waals surface area contributed by atoms with Crippen molar-refractivity contribution in [2.45, 2.75) is 25.7 Å². The topological polar surface area (TPSA) is 57.6 Å². The Bertz CT molecular complexity index is 539. The van der Waals surface area contributed by atoms with E-state index in [2.05, 4.69) is 0 Å². The molecule has 3 atom stereocenters. The van der Waals surface area contributed by atoms with Crippen LogP contribution in [0.15, 0.2) is 12.1 Å². The first-order chi connectivity index (χ1) is 9.54. The molecule has 2 bridgehead atoms. The van der Waals surface area contributed by atoms with E-state index < -0.39 is 5.97 Å². The average molecular weight is 293 g/mol. The molecule has 4 nitrogen and oxygen atoms in total. The van der Waals surface area contributed by atoms with Gasteiger partial charge in [0.2, 0.25) is 0 Å². The van der Waals surface area contributed by atoms with Gasteiger partial charge in [0.15, 0.2) is 0 Å². The van der Waals surface area contributed by atoms with Crippen LogP contribution in [-0.4, -0.2) is 35.5 Å². The fourth-order valence-electron chi connectivity index (χ4n) is 3.79. The molecule has 0 radical (unpaired) electrons. The number of rotatable bonds is 4. The minimum atomic E-state index is -0.968. The van der Waals surface area contributed by atoms with Crippen molar-refractivity contribution >= 4 is 23.2 Å². The zero-order valence-corrected chi connectivity index (χ0v) is 12.4. The quantitative estimate of drug-likeness (QED) is 0.928. The van der Waals surface area contributed by atoms with E-state index in [1.54, 1.807) is 11.0 Å². The summed E-state index contributed by atoms with van der Waals surface area (Å²) in [7, 11) is 1.83. The van der Waals surface area contributed by atoms with Crippen LogP contribution in [0.3, 0.4) is 0 Å². The highest BCUT2D eigenvalue weighted by atomic mass is 32.1. The Hall–Kier alpha value is -1.36. The predicted octanol–water partition coefficient (Wildman–Crippen LogP) is 2.95. The van der Waals surface area contributed by atoms with Crippen LogP contribution in [0.4, 0.5) is 0 Å². The Morgan fingerprint density at radius 2 is 2.05 bits per heavy atom. The Labute approximate surface area is 122 Å². The molecule has 2 aliphatic rings. The van der Waals surface area contributed by atoms with E-state index in [0.717, 1.165) is 29.7 Å². The third-order valence-corrected chi connectivity index (χ3v) is 5.83. The number of amides is 1. The van der Waals surface area contributed by atoms with E-state index >= 15 is 0 Å². The van der Waals surface area contributed by atoms with Gasteiger partial charge in [0.1, 0.15) is 4.88 Å². The number of fused-ring (bicyclic) bond motifs is 2. The lowest BCUT2D eigenvalue weighted by atomic mass is 9.88. The lowest BCUT2D eigenvalue weighted by Gasteiger charge is -2.27. The number of carbonyl (C=O) groups is 2. The molecule has 1 aromatic heterocycles. The van der Waals surface area contributed by atoms with Gasteiger partial charge in [0.05, 0.1) is 4.88 Å². The van der Waals surface area contributed by atoms with Crippen molar-refractivity contribution in [3.05, 3.63) is 21.9 Å². The highest BCUT2D eigenvalue weighted by Crippen LogP contribution is 2.48. The number of hydrogen-bond acceptors (Lipinski definition) is 3. The summed E-state index contributed by atoms with van der Waals surface area (Å²) in [5, 5.41) is 8.91. The van der Waals surface area contributed by atoms with E-state index in [1.165, 1.54) is 31.7 Å². The minimum absolute atomic E-state index is 0.0507. The third kappa shape index (κ3) is 2.46. The Kier molecular flexibility index (Phi) is 3.54. The molecule has 2 aliphatic carbocycles. The molecule has 3 rings (SSSR count). The van der Waals surface area contributed by atoms with E-state index in [9.17, 15) is 9.59 Å². The molecule has 3 unspecified atom stereocenters. The molecule has 0 spiro atoms. The lowest BCUT2D eigenvalue weighted by Crippen LogP contribution is -2.33. The second-order valence-electron chi connectivity index (χ2n) is 6.09. The van der Waals surface area contributed by atoms with Crippen molar-refractivity contribution in [1.29, 1.82) is 0 Å². The van der Waals surface area contributed by atoms with Gasteiger partial charge in [0, 0.05) is 13.6 Å². The number of aromatic carboxylic acids is 1. The van der Waals surface area contributed by atoms with Crippen molar-refractivity contribution in [3.8, 4) is 0 Å². The Balaban J connectivity index is 1.62. The average Bonchev–Trinajstić information content (AvgIpc) is 3.13. The van der Waals surface area contributed by atoms with Crippen LogP contribution >= 0.6 is 11.3 Å². The molecule has 2 saturated carbocycles. The standard InChI is InChI=1S/C15H19NO3S/c1-16(8-11-7-9-2-3-10(11)6-9)14(17)12-4-5-13(20-12)15(18)19/h4-5,9-11H,2-3,6-8H2,1H3,(H,18,19). The predicted molar refractivity (Wildman–Crippen MR) is 77.2 cm³/mol. The van der Waals surface area contributed by atoms with E-state index in [0.29, 0.717) is 10.8 Å². The number of thiophene rings is 1. The summed E-state index contributed by atoms with van der Waals surface area (Å²) in [5.41, 5.74) is 0. The molecule has 1 amide bonds. The van der Waals surface area contributed by atoms with Crippen molar-refractivity contribution in [2.75, 3.05) is 13.6 Å². The smallest absolute Gasteiger partial charge is 0.345 e. The van der Waals surface area contributed by atoms with Crippen LogP contribution in [0.2, 0.25) is 0 Å². The summed E-state index contributed by atoms with van der Waals surface area (Å²) in [5.74, 6) is 1.30. The maximum Gasteiger partial charge on any atom is 0.345 e. The number of nitrogens with zero attached hydrogens (tertiary/aromatic N) is 1. The van der Waals surface area contributed by atoms with Crippen molar-refractivity contribution < 1.29 is 14.7 Å². The molecular weight excluding hydrogens is 274 g/mol. The summed E-state index contributed by atoms with van der Waals surface area (Å²) >= 11 is 1.06. The summed E-state index contributed by atoms with van der Waals surface area (Å²) in [6.07, 6.45) is 5.28. The van der Waals surface area contributed by atoms with E-state index in [-0.39, 0.29) is 10.8 Å². The molecule has 20 heavy (non-hydrogen) atoms. The molecule has 0 aromatic carbocycles. The second-order valence-corrected chi connectivity index (χ2v) is 7.17. The van der Waals surface area contributed by atoms with Gasteiger partial charge in [-0.25, -0.2) is 4.79 Å². The minimum Gasteiger partial charge on any atom is -0.477 e. The fraction of sp³-hybridized carbons (Fsp3) is 0.600. The first-order valence-electron chi connectivity index (χ1n) is 7.13. The maximum atomic E-state index is 12.3. The lowest BCUT2D eigenvalue weighted by molar-refractivity contribution is 0.0701. The molecule has 0 saturated heterocycles. The normalized spacial score (nSPS) is 27.8. The summed E-state index contributed by atoms with van der Waals surface area (Å²) in [6, 6.07) is 3.12. The van der Waals surface area contributed by atoms with Gasteiger partial charge in [0.25, 0.3) is 5.91 Å². The molecule has 1 aromatic rings. The number of hydrogen-bond donors (Lipinski definition) is 1. The maximum absolute atomic E-state index is 12.3. The molecule has 5 heteroatoms. The summed E-state index contributed by atoms with van der Waals surface area (Å²) in [4.78, 5) is 25.7. The van der Waals surface area contributed by atoms with E-state index in [1.807, 2.05) is 7.05 Å². The van der Waals surface area contributed by atoms with Gasteiger partial charge in [-0.2, -0.15) is 0 Å². The highest BCUT2D eigenvalue weighted by Gasteiger charge is 2.40. The van der Waals surface area contributed by atoms with Gasteiger partial charge >= 0.3 is 5.97 Å². The first kappa shape index (κ1) is 13.6. The second kappa shape index (κ2) is 5.20. The van der Waals surface area contributed by atoms with Crippen LogP contribution in [-0.2, 0) is 0 Å². The number of carboxylic acid groups (broad SMARTS) is 1. The molecule has 108 valence electrons. The van der Waals surface area contributed by atoms with Gasteiger partial charge in [-0.15, -0.1) is 11.3 Å². The van der Waals surface area contributed by atoms with Crippen molar-refractivity contribution in [2.24, 2.45) is 17.8 Å². The van der Waals surface area contributed by atoms with Gasteiger partial charge in [-0.1, -0.05) is 6.42 Å². The monoisotopic (exact) mass is 293 g/mol. The third-order valence-electron chi connectivity index (χ3n) is 4.77. The number of carbonyl (C=O) groups excluding carboxylic acids is 1. The summed E-state index contributed by atoms with van der Waals surface area (Å²) < 4.78 is 0. The van der Waals surface area contributed by atoms with Gasteiger partial charge in [-0.05, 0) is 49.1 Å². The van der Waals surface area contributed by atoms with Gasteiger partial charge in [-0.3, -0.25) is 4.79 Å². The van der Waals surface area contributed by atoms with Crippen LogP contribution in [0.25, 0.3) is 0 Å². The fourth-order valence-corrected chi connectivity index (χ4v) is 4.63. The molecule has 0 aliphatic heterocycles. The SMILES string of the molecule is CN(CC1CC2CCC1C2)C(=O)c1ccc(C(=O)O)s1. The molecule has 1 N–H and O–H groups in total. The molecular formula is C15H19NO3S. The van der Waals surface area contributed by atoms with Crippen LogP contribution in [0.1, 0.15) is 45.0 Å². The molecule has 2 fully saturated rings. The zero-order chi connectivity index (χ0) is 14.3. The summed E-state index contributed by atoms with van der Waals surface area (Å²) in [6.45, 7) is 0.806. The largest absolute Gasteiger partial charge is 0.477 e.